The van der Waals surface area contributed by atoms with E-state index in [-0.39, 0.29) is 23.2 Å². The molecule has 4 rings (SSSR count). The lowest BCUT2D eigenvalue weighted by molar-refractivity contribution is -0.115. The largest absolute Gasteiger partial charge is 0.333 e. The molecule has 0 aliphatic carbocycles. The molecule has 2 aromatic carbocycles. The topological polar surface area (TPSA) is 130 Å². The molecule has 158 valence electrons. The second kappa shape index (κ2) is 9.14. The predicted molar refractivity (Wildman–Crippen MR) is 119 cm³/mol. The van der Waals surface area contributed by atoms with E-state index >= 15 is 0 Å². The van der Waals surface area contributed by atoms with E-state index in [0.717, 1.165) is 16.2 Å². The summed E-state index contributed by atoms with van der Waals surface area (Å²) in [5.41, 5.74) is 2.35. The molecule has 31 heavy (non-hydrogen) atoms. The van der Waals surface area contributed by atoms with Crippen LogP contribution >= 0.6 is 11.8 Å². The fourth-order valence-corrected chi connectivity index (χ4v) is 4.49. The second-order valence-electron chi connectivity index (χ2n) is 6.41. The average molecular weight is 455 g/mol. The van der Waals surface area contributed by atoms with E-state index in [1.54, 1.807) is 6.07 Å². The van der Waals surface area contributed by atoms with Crippen LogP contribution < -0.4 is 10.0 Å². The lowest BCUT2D eigenvalue weighted by Crippen LogP contribution is -2.15. The first-order valence-corrected chi connectivity index (χ1v) is 11.7. The number of nitrogens with zero attached hydrogens (tertiary/aromatic N) is 3. The fourth-order valence-electron chi connectivity index (χ4n) is 2.71. The van der Waals surface area contributed by atoms with E-state index in [4.69, 9.17) is 0 Å². The van der Waals surface area contributed by atoms with Crippen LogP contribution in [0.2, 0.25) is 0 Å². The first-order valence-electron chi connectivity index (χ1n) is 9.27. The Morgan fingerprint density at radius 3 is 2.48 bits per heavy atom. The van der Waals surface area contributed by atoms with Gasteiger partial charge in [0.2, 0.25) is 11.9 Å². The third kappa shape index (κ3) is 5.38. The van der Waals surface area contributed by atoms with Crippen molar-refractivity contribution in [2.45, 2.75) is 16.5 Å². The van der Waals surface area contributed by atoms with Crippen molar-refractivity contribution < 1.29 is 13.2 Å². The lowest BCUT2D eigenvalue weighted by atomic mass is 10.3. The summed E-state index contributed by atoms with van der Waals surface area (Å²) in [5, 5.41) is 3.52. The van der Waals surface area contributed by atoms with Crippen molar-refractivity contribution in [3.63, 3.8) is 0 Å². The van der Waals surface area contributed by atoms with Crippen LogP contribution in [0.4, 0.5) is 11.6 Å². The van der Waals surface area contributed by atoms with Crippen LogP contribution in [-0.4, -0.2) is 40.0 Å². The molecule has 0 spiro atoms. The van der Waals surface area contributed by atoms with Gasteiger partial charge in [0.25, 0.3) is 10.0 Å². The van der Waals surface area contributed by atoms with Crippen LogP contribution in [0.15, 0.2) is 77.0 Å². The van der Waals surface area contributed by atoms with Crippen LogP contribution in [0.3, 0.4) is 0 Å². The summed E-state index contributed by atoms with van der Waals surface area (Å²) in [4.78, 5) is 27.6. The number of aromatic nitrogens is 4. The van der Waals surface area contributed by atoms with Crippen LogP contribution in [0.5, 0.6) is 0 Å². The van der Waals surface area contributed by atoms with E-state index in [9.17, 15) is 13.2 Å². The van der Waals surface area contributed by atoms with E-state index < -0.39 is 10.0 Å². The van der Waals surface area contributed by atoms with Crippen LogP contribution in [0.25, 0.3) is 11.0 Å². The van der Waals surface area contributed by atoms with E-state index in [1.807, 2.05) is 24.3 Å². The number of fused-ring (bicyclic) bond motifs is 1. The molecule has 0 aliphatic heterocycles. The molecular weight excluding hydrogens is 436 g/mol. The number of aromatic amines is 1. The van der Waals surface area contributed by atoms with Gasteiger partial charge < -0.3 is 10.3 Å². The van der Waals surface area contributed by atoms with Gasteiger partial charge in [-0.3, -0.25) is 4.79 Å². The number of sulfonamides is 1. The molecular formula is C20H18N6O3S2. The number of imidazole rings is 1. The molecule has 11 heteroatoms. The average Bonchev–Trinajstić information content (AvgIpc) is 3.17. The number of nitrogens with one attached hydrogen (secondary N) is 3. The fraction of sp³-hybridized carbons (Fsp3) is 0.100. The number of thioether (sulfide) groups is 1. The summed E-state index contributed by atoms with van der Waals surface area (Å²) in [6.07, 6.45) is 3.17. The maximum absolute atomic E-state index is 12.4. The first-order chi connectivity index (χ1) is 15.0. The summed E-state index contributed by atoms with van der Waals surface area (Å²) < 4.78 is 27.1. The number of amides is 1. The summed E-state index contributed by atoms with van der Waals surface area (Å²) in [7, 11) is -3.82. The highest BCUT2D eigenvalue weighted by Crippen LogP contribution is 2.20. The van der Waals surface area contributed by atoms with Gasteiger partial charge >= 0.3 is 0 Å². The van der Waals surface area contributed by atoms with Gasteiger partial charge in [0, 0.05) is 30.3 Å². The Bertz CT molecular complexity index is 1260. The zero-order valence-corrected chi connectivity index (χ0v) is 17.8. The van der Waals surface area contributed by atoms with Crippen LogP contribution in [0, 0.1) is 0 Å². The van der Waals surface area contributed by atoms with Crippen molar-refractivity contribution in [2.75, 3.05) is 15.8 Å². The number of rotatable bonds is 8. The Morgan fingerprint density at radius 2 is 1.74 bits per heavy atom. The number of anilines is 2. The number of carbonyl (C=O) groups excluding carboxylic acids is 1. The predicted octanol–water partition coefficient (Wildman–Crippen LogP) is 3.27. The molecule has 4 aromatic rings. The van der Waals surface area contributed by atoms with Crippen molar-refractivity contribution in [1.29, 1.82) is 0 Å². The van der Waals surface area contributed by atoms with E-state index in [0.29, 0.717) is 11.4 Å². The molecule has 2 heterocycles. The Morgan fingerprint density at radius 1 is 1.00 bits per heavy atom. The van der Waals surface area contributed by atoms with Crippen LogP contribution in [0.1, 0.15) is 6.42 Å². The van der Waals surface area contributed by atoms with Crippen molar-refractivity contribution in [2.24, 2.45) is 0 Å². The molecule has 2 aromatic heterocycles. The zero-order chi connectivity index (χ0) is 21.7. The molecule has 0 unspecified atom stereocenters. The van der Waals surface area contributed by atoms with Gasteiger partial charge in [-0.05, 0) is 42.5 Å². The number of hydrogen-bond acceptors (Lipinski definition) is 7. The molecule has 0 saturated carbocycles. The Balaban J connectivity index is 1.29. The van der Waals surface area contributed by atoms with Gasteiger partial charge in [0.05, 0.1) is 15.9 Å². The van der Waals surface area contributed by atoms with Crippen molar-refractivity contribution in [3.05, 3.63) is 67.0 Å². The van der Waals surface area contributed by atoms with Crippen molar-refractivity contribution >= 4 is 50.4 Å². The van der Waals surface area contributed by atoms with Gasteiger partial charge in [0.1, 0.15) is 0 Å². The van der Waals surface area contributed by atoms with Gasteiger partial charge in [-0.2, -0.15) is 0 Å². The normalized spacial score (nSPS) is 11.4. The second-order valence-corrected chi connectivity index (χ2v) is 9.17. The molecule has 0 saturated heterocycles. The highest BCUT2D eigenvalue weighted by Gasteiger charge is 2.15. The van der Waals surface area contributed by atoms with Crippen molar-refractivity contribution in [1.82, 2.24) is 19.9 Å². The van der Waals surface area contributed by atoms with Gasteiger partial charge in [-0.15, -0.1) is 0 Å². The quantitative estimate of drug-likeness (QED) is 0.348. The van der Waals surface area contributed by atoms with Crippen molar-refractivity contribution in [3.8, 4) is 0 Å². The smallest absolute Gasteiger partial charge is 0.264 e. The maximum atomic E-state index is 12.4. The third-order valence-corrected chi connectivity index (χ3v) is 6.39. The highest BCUT2D eigenvalue weighted by molar-refractivity contribution is 7.99. The molecule has 0 aliphatic rings. The number of H-pyrrole nitrogens is 1. The Hall–Kier alpha value is -3.44. The van der Waals surface area contributed by atoms with E-state index in [1.165, 1.54) is 48.4 Å². The number of hydrogen-bond donors (Lipinski definition) is 3. The molecule has 0 radical (unpaired) electrons. The minimum absolute atomic E-state index is 0.0122. The summed E-state index contributed by atoms with van der Waals surface area (Å²) in [5.74, 6) is 0.371. The van der Waals surface area contributed by atoms with Gasteiger partial charge in [-0.1, -0.05) is 23.9 Å². The third-order valence-electron chi connectivity index (χ3n) is 4.18. The monoisotopic (exact) mass is 454 g/mol. The lowest BCUT2D eigenvalue weighted by Gasteiger charge is -2.08. The first kappa shape index (κ1) is 20.8. The number of benzene rings is 2. The molecule has 0 atom stereocenters. The molecule has 0 fully saturated rings. The molecule has 0 bridgehead atoms. The maximum Gasteiger partial charge on any atom is 0.264 e. The Kier molecular flexibility index (Phi) is 6.14. The summed E-state index contributed by atoms with van der Waals surface area (Å²) in [6, 6.07) is 15.2. The summed E-state index contributed by atoms with van der Waals surface area (Å²) >= 11 is 1.46. The SMILES string of the molecule is O=C(CCSc1nc2ccccc2[nH]1)Nc1ccc(S(=O)(=O)Nc2ncccn2)cc1. The molecule has 1 amide bonds. The molecule has 3 N–H and O–H groups in total. The van der Waals surface area contributed by atoms with Gasteiger partial charge in [-0.25, -0.2) is 28.1 Å². The summed E-state index contributed by atoms with van der Waals surface area (Å²) in [6.45, 7) is 0. The van der Waals surface area contributed by atoms with E-state index in [2.05, 4.69) is 30.0 Å². The number of carbonyl (C=O) groups is 1. The number of para-hydroxylation sites is 2. The van der Waals surface area contributed by atoms with Gasteiger partial charge in [0.15, 0.2) is 5.16 Å². The Labute approximate surface area is 182 Å². The van der Waals surface area contributed by atoms with Crippen LogP contribution in [-0.2, 0) is 14.8 Å². The highest BCUT2D eigenvalue weighted by atomic mass is 32.2. The molecule has 9 nitrogen and oxygen atoms in total. The standard InChI is InChI=1S/C20H18N6O3S2/c27-18(10-13-30-20-24-16-4-1-2-5-17(16)25-20)23-14-6-8-15(9-7-14)31(28,29)26-19-21-11-3-12-22-19/h1-9,11-12H,10,13H2,(H,23,27)(H,24,25)(H,21,22,26). The zero-order valence-electron chi connectivity index (χ0n) is 16.1. The minimum Gasteiger partial charge on any atom is -0.333 e. The minimum atomic E-state index is -3.82.